The second-order valence-electron chi connectivity index (χ2n) is 8.06. The first kappa shape index (κ1) is 21.6. The van der Waals surface area contributed by atoms with Gasteiger partial charge in [-0.05, 0) is 35.9 Å². The maximum Gasteiger partial charge on any atom is 0.235 e. The molecule has 0 spiro atoms. The van der Waals surface area contributed by atoms with E-state index in [1.165, 1.54) is 9.69 Å². The van der Waals surface area contributed by atoms with Gasteiger partial charge in [-0.2, -0.15) is 0 Å². The van der Waals surface area contributed by atoms with Crippen LogP contribution < -0.4 is 19.1 Å². The van der Waals surface area contributed by atoms with E-state index in [1.807, 2.05) is 24.3 Å². The highest BCUT2D eigenvalue weighted by molar-refractivity contribution is 7.92. The summed E-state index contributed by atoms with van der Waals surface area (Å²) in [6.07, 6.45) is 0.339. The number of nitrogens with zero attached hydrogens (tertiary/aromatic N) is 1. The summed E-state index contributed by atoms with van der Waals surface area (Å²) in [5.41, 5.74) is 3.19. The third-order valence-electron chi connectivity index (χ3n) is 5.74. The number of fused-ring (bicyclic) bond motifs is 4. The van der Waals surface area contributed by atoms with Gasteiger partial charge in [-0.3, -0.25) is 0 Å². The number of nitrogens with one attached hydrogen (secondary N) is 2. The van der Waals surface area contributed by atoms with Gasteiger partial charge in [0.2, 0.25) is 10.0 Å². The molecule has 1 aliphatic heterocycles. The highest BCUT2D eigenvalue weighted by Crippen LogP contribution is 2.37. The Morgan fingerprint density at radius 1 is 1.12 bits per heavy atom. The Kier molecular flexibility index (Phi) is 5.61. The fourth-order valence-corrected chi connectivity index (χ4v) is 4.80. The molecule has 0 aliphatic carbocycles. The Labute approximate surface area is 191 Å². The fourth-order valence-electron chi connectivity index (χ4n) is 4.05. The minimum atomic E-state index is -3.44. The molecule has 3 N–H and O–H groups in total. The van der Waals surface area contributed by atoms with Crippen LogP contribution in [0, 0.1) is 0 Å². The summed E-state index contributed by atoms with van der Waals surface area (Å²) >= 11 is 0. The van der Waals surface area contributed by atoms with Gasteiger partial charge < -0.3 is 24.9 Å². The number of aliphatic hydroxyl groups excluding tert-OH is 1. The smallest absolute Gasteiger partial charge is 0.235 e. The molecule has 0 bridgehead atoms. The van der Waals surface area contributed by atoms with Gasteiger partial charge in [-0.1, -0.05) is 24.3 Å². The molecular weight excluding hydrogens is 442 g/mol. The predicted molar refractivity (Wildman–Crippen MR) is 128 cm³/mol. The number of rotatable bonds is 8. The van der Waals surface area contributed by atoms with E-state index in [1.54, 1.807) is 18.2 Å². The number of H-pyrrole nitrogens is 1. The minimum Gasteiger partial charge on any atom is -0.492 e. The molecule has 4 aromatic rings. The first-order chi connectivity index (χ1) is 15.9. The molecule has 8 nitrogen and oxygen atoms in total. The van der Waals surface area contributed by atoms with Crippen molar-refractivity contribution >= 4 is 37.5 Å². The molecule has 2 heterocycles. The van der Waals surface area contributed by atoms with Crippen LogP contribution in [0.3, 0.4) is 0 Å². The van der Waals surface area contributed by atoms with Crippen molar-refractivity contribution in [1.82, 2.24) is 10.3 Å². The first-order valence-electron chi connectivity index (χ1n) is 10.7. The van der Waals surface area contributed by atoms with Crippen molar-refractivity contribution < 1.29 is 23.0 Å². The van der Waals surface area contributed by atoms with Crippen LogP contribution in [0.25, 0.3) is 21.8 Å². The number of hydrogen-bond donors (Lipinski definition) is 3. The summed E-state index contributed by atoms with van der Waals surface area (Å²) in [6.45, 7) is 1.25. The number of aromatic amines is 1. The zero-order valence-corrected chi connectivity index (χ0v) is 18.9. The lowest BCUT2D eigenvalue weighted by Gasteiger charge is -2.16. The summed E-state index contributed by atoms with van der Waals surface area (Å²) in [5.74, 6) is 1.26. The van der Waals surface area contributed by atoms with E-state index in [9.17, 15) is 13.5 Å². The molecule has 9 heteroatoms. The number of hydrogen-bond acceptors (Lipinski definition) is 6. The Balaban J connectivity index is 1.15. The molecule has 1 aliphatic rings. The average molecular weight is 468 g/mol. The predicted octanol–water partition coefficient (Wildman–Crippen LogP) is 3.14. The Hall–Kier alpha value is -3.27. The van der Waals surface area contributed by atoms with Crippen molar-refractivity contribution in [2.45, 2.75) is 6.10 Å². The molecule has 172 valence electrons. The van der Waals surface area contributed by atoms with E-state index >= 15 is 0 Å². The second-order valence-corrected chi connectivity index (χ2v) is 9.97. The number of benzene rings is 3. The fraction of sp³-hybridized carbons (Fsp3) is 0.250. The Morgan fingerprint density at radius 3 is 2.79 bits per heavy atom. The van der Waals surface area contributed by atoms with Crippen molar-refractivity contribution in [3.63, 3.8) is 0 Å². The van der Waals surface area contributed by atoms with E-state index in [0.717, 1.165) is 28.4 Å². The highest BCUT2D eigenvalue weighted by Gasteiger charge is 2.28. The highest BCUT2D eigenvalue weighted by atomic mass is 32.2. The first-order valence-corrected chi connectivity index (χ1v) is 12.5. The molecule has 5 rings (SSSR count). The van der Waals surface area contributed by atoms with Gasteiger partial charge in [0.05, 0.1) is 23.6 Å². The van der Waals surface area contributed by atoms with Crippen molar-refractivity contribution in [3.8, 4) is 11.5 Å². The van der Waals surface area contributed by atoms with E-state index < -0.39 is 16.1 Å². The van der Waals surface area contributed by atoms with E-state index in [-0.39, 0.29) is 6.73 Å². The van der Waals surface area contributed by atoms with Crippen molar-refractivity contribution in [2.24, 2.45) is 0 Å². The average Bonchev–Trinajstić information content (AvgIpc) is 3.39. The third-order valence-corrected chi connectivity index (χ3v) is 6.84. The van der Waals surface area contributed by atoms with Gasteiger partial charge in [0.25, 0.3) is 0 Å². The molecule has 0 saturated heterocycles. The zero-order chi connectivity index (χ0) is 23.0. The number of para-hydroxylation sites is 1. The van der Waals surface area contributed by atoms with Gasteiger partial charge in [0, 0.05) is 35.4 Å². The number of ether oxygens (including phenoxy) is 2. The second kappa shape index (κ2) is 8.58. The summed E-state index contributed by atoms with van der Waals surface area (Å²) < 4.78 is 36.3. The molecule has 1 aromatic heterocycles. The van der Waals surface area contributed by atoms with Crippen molar-refractivity contribution in [1.29, 1.82) is 0 Å². The molecule has 0 saturated carbocycles. The number of anilines is 1. The van der Waals surface area contributed by atoms with Crippen LogP contribution in [0.15, 0.2) is 60.7 Å². The van der Waals surface area contributed by atoms with Crippen molar-refractivity contribution in [2.75, 3.05) is 37.0 Å². The van der Waals surface area contributed by atoms with E-state index in [2.05, 4.69) is 28.5 Å². The molecule has 0 fully saturated rings. The molecule has 33 heavy (non-hydrogen) atoms. The lowest BCUT2D eigenvalue weighted by molar-refractivity contribution is 0.172. The largest absolute Gasteiger partial charge is 0.492 e. The molecule has 0 unspecified atom stereocenters. The topological polar surface area (TPSA) is 104 Å². The molecule has 3 aromatic carbocycles. The maximum atomic E-state index is 11.9. The maximum absolute atomic E-state index is 11.9. The van der Waals surface area contributed by atoms with Gasteiger partial charge >= 0.3 is 0 Å². The molecule has 0 amide bonds. The van der Waals surface area contributed by atoms with Crippen LogP contribution in [-0.4, -0.2) is 51.2 Å². The number of aromatic nitrogens is 1. The monoisotopic (exact) mass is 467 g/mol. The van der Waals surface area contributed by atoms with E-state index in [4.69, 9.17) is 9.47 Å². The van der Waals surface area contributed by atoms with Gasteiger partial charge in [-0.25, -0.2) is 12.7 Å². The van der Waals surface area contributed by atoms with Crippen LogP contribution in [0.5, 0.6) is 11.5 Å². The SMILES string of the molecule is CS(=O)(=O)N1COc2ccc([C@@H](O)CNCCOc3ccc4c(c3)[nH]c3ccccc34)cc21. The normalized spacial score (nSPS) is 14.4. The molecule has 0 radical (unpaired) electrons. The summed E-state index contributed by atoms with van der Waals surface area (Å²) in [5, 5.41) is 16.1. The Morgan fingerprint density at radius 2 is 1.94 bits per heavy atom. The van der Waals surface area contributed by atoms with Gasteiger partial charge in [0.15, 0.2) is 6.73 Å². The van der Waals surface area contributed by atoms with Gasteiger partial charge in [0.1, 0.15) is 18.1 Å². The van der Waals surface area contributed by atoms with Gasteiger partial charge in [-0.15, -0.1) is 0 Å². The third kappa shape index (κ3) is 4.35. The minimum absolute atomic E-state index is 0.0480. The molecular formula is C24H25N3O5S. The van der Waals surface area contributed by atoms with Crippen molar-refractivity contribution in [3.05, 3.63) is 66.2 Å². The lowest BCUT2D eigenvalue weighted by Crippen LogP contribution is -2.29. The van der Waals surface area contributed by atoms with Crippen LogP contribution in [-0.2, 0) is 10.0 Å². The number of aliphatic hydroxyl groups is 1. The Bertz CT molecular complexity index is 1420. The number of sulfonamides is 1. The quantitative estimate of drug-likeness (QED) is 0.344. The van der Waals surface area contributed by atoms with Crippen LogP contribution in [0.4, 0.5) is 5.69 Å². The van der Waals surface area contributed by atoms with Crippen LogP contribution in [0.1, 0.15) is 11.7 Å². The standard InChI is InChI=1S/C24H25N3O5S/c1-33(29,30)27-15-32-24-9-6-16(12-22(24)27)23(28)14-25-10-11-31-17-7-8-19-18-4-2-3-5-20(18)26-21(19)13-17/h2-9,12-13,23,25-26,28H,10-11,14-15H2,1H3/t23-/m0/s1. The summed E-state index contributed by atoms with van der Waals surface area (Å²) in [7, 11) is -3.44. The summed E-state index contributed by atoms with van der Waals surface area (Å²) in [4.78, 5) is 3.40. The molecule has 1 atom stereocenters. The van der Waals surface area contributed by atoms with Crippen LogP contribution in [0.2, 0.25) is 0 Å². The van der Waals surface area contributed by atoms with E-state index in [0.29, 0.717) is 36.7 Å². The summed E-state index contributed by atoms with van der Waals surface area (Å²) in [6, 6.07) is 19.3. The van der Waals surface area contributed by atoms with Crippen LogP contribution >= 0.6 is 0 Å². The lowest BCUT2D eigenvalue weighted by atomic mass is 10.1. The zero-order valence-electron chi connectivity index (χ0n) is 18.1.